The maximum Gasteiger partial charge on any atom is 0.285 e. The van der Waals surface area contributed by atoms with Crippen LogP contribution in [0.1, 0.15) is 30.1 Å². The average Bonchev–Trinajstić information content (AvgIpc) is 2.40. The van der Waals surface area contributed by atoms with Crippen LogP contribution in [0.25, 0.3) is 0 Å². The predicted octanol–water partition coefficient (Wildman–Crippen LogP) is 2.75. The highest BCUT2D eigenvalue weighted by Gasteiger charge is 2.29. The molecule has 0 aliphatic carbocycles. The quantitative estimate of drug-likeness (QED) is 0.619. The zero-order valence-corrected chi connectivity index (χ0v) is 10.9. The number of hydrogen-bond donors (Lipinski definition) is 0. The van der Waals surface area contributed by atoms with Gasteiger partial charge in [0, 0.05) is 13.1 Å². The minimum atomic E-state index is -1.33. The Balaban J connectivity index is 2.38. The van der Waals surface area contributed by atoms with Gasteiger partial charge in [0.05, 0.1) is 11.0 Å². The Bertz CT molecular complexity index is 563. The third kappa shape index (κ3) is 2.76. The van der Waals surface area contributed by atoms with E-state index in [0.29, 0.717) is 25.2 Å². The van der Waals surface area contributed by atoms with E-state index in [4.69, 9.17) is 0 Å². The summed E-state index contributed by atoms with van der Waals surface area (Å²) in [5, 5.41) is 10.9. The second-order valence-corrected chi connectivity index (χ2v) is 5.04. The second kappa shape index (κ2) is 5.52. The molecule has 1 atom stereocenters. The van der Waals surface area contributed by atoms with Gasteiger partial charge in [-0.05, 0) is 24.8 Å². The second-order valence-electron chi connectivity index (χ2n) is 5.04. The normalized spacial score (nSPS) is 18.9. The summed E-state index contributed by atoms with van der Waals surface area (Å²) in [4.78, 5) is 23.7. The minimum Gasteiger partial charge on any atom is -0.338 e. The first-order chi connectivity index (χ1) is 9.40. The molecule has 5 nitrogen and oxygen atoms in total. The zero-order valence-electron chi connectivity index (χ0n) is 10.9. The number of piperidine rings is 1. The van der Waals surface area contributed by atoms with Crippen LogP contribution in [0.15, 0.2) is 12.1 Å². The molecule has 1 fully saturated rings. The molecule has 0 saturated carbocycles. The molecule has 108 valence electrons. The zero-order chi connectivity index (χ0) is 14.9. The van der Waals surface area contributed by atoms with E-state index < -0.39 is 33.7 Å². The van der Waals surface area contributed by atoms with Crippen LogP contribution in [0.4, 0.5) is 14.5 Å². The SMILES string of the molecule is CC1CCCN(C(=O)c2cc(F)c(F)cc2[N+](=O)[O-])C1. The lowest BCUT2D eigenvalue weighted by molar-refractivity contribution is -0.385. The number of carbonyl (C=O) groups is 1. The number of nitro benzene ring substituents is 1. The molecule has 20 heavy (non-hydrogen) atoms. The fraction of sp³-hybridized carbons (Fsp3) is 0.462. The predicted molar refractivity (Wildman–Crippen MR) is 67.3 cm³/mol. The lowest BCUT2D eigenvalue weighted by Gasteiger charge is -2.30. The maximum atomic E-state index is 13.3. The molecule has 1 heterocycles. The molecule has 1 aliphatic heterocycles. The van der Waals surface area contributed by atoms with Gasteiger partial charge in [-0.3, -0.25) is 14.9 Å². The van der Waals surface area contributed by atoms with E-state index in [9.17, 15) is 23.7 Å². The number of likely N-dealkylation sites (tertiary alicyclic amines) is 1. The molecule has 1 unspecified atom stereocenters. The molecule has 0 bridgehead atoms. The molecular weight excluding hydrogens is 270 g/mol. The van der Waals surface area contributed by atoms with Crippen LogP contribution >= 0.6 is 0 Å². The van der Waals surface area contributed by atoms with E-state index >= 15 is 0 Å². The van der Waals surface area contributed by atoms with Crippen LogP contribution in [0.3, 0.4) is 0 Å². The van der Waals surface area contributed by atoms with Crippen molar-refractivity contribution in [3.8, 4) is 0 Å². The van der Waals surface area contributed by atoms with Crippen molar-refractivity contribution in [1.82, 2.24) is 4.90 Å². The van der Waals surface area contributed by atoms with Crippen molar-refractivity contribution in [2.45, 2.75) is 19.8 Å². The smallest absolute Gasteiger partial charge is 0.285 e. The van der Waals surface area contributed by atoms with E-state index in [1.165, 1.54) is 4.90 Å². The molecule has 0 spiro atoms. The highest BCUT2D eigenvalue weighted by molar-refractivity contribution is 5.98. The van der Waals surface area contributed by atoms with Gasteiger partial charge in [-0.1, -0.05) is 6.92 Å². The number of hydrogen-bond acceptors (Lipinski definition) is 3. The summed E-state index contributed by atoms with van der Waals surface area (Å²) in [5.41, 5.74) is -1.10. The molecule has 1 aliphatic rings. The topological polar surface area (TPSA) is 63.5 Å². The van der Waals surface area contributed by atoms with Crippen LogP contribution in [-0.2, 0) is 0 Å². The molecular formula is C13H14F2N2O3. The molecule has 0 aromatic heterocycles. The molecule has 1 aromatic rings. The van der Waals surface area contributed by atoms with E-state index in [2.05, 4.69) is 0 Å². The van der Waals surface area contributed by atoms with Crippen LogP contribution < -0.4 is 0 Å². The Morgan fingerprint density at radius 3 is 2.65 bits per heavy atom. The molecule has 0 N–H and O–H groups in total. The molecule has 7 heteroatoms. The highest BCUT2D eigenvalue weighted by atomic mass is 19.2. The van der Waals surface area contributed by atoms with Crippen molar-refractivity contribution in [3.63, 3.8) is 0 Å². The van der Waals surface area contributed by atoms with Gasteiger partial charge in [0.15, 0.2) is 11.6 Å². The Morgan fingerprint density at radius 2 is 2.05 bits per heavy atom. The van der Waals surface area contributed by atoms with Crippen molar-refractivity contribution in [2.24, 2.45) is 5.92 Å². The first-order valence-electron chi connectivity index (χ1n) is 6.33. The van der Waals surface area contributed by atoms with Gasteiger partial charge in [-0.15, -0.1) is 0 Å². The van der Waals surface area contributed by atoms with Gasteiger partial charge < -0.3 is 4.90 Å². The van der Waals surface area contributed by atoms with Crippen LogP contribution in [0.5, 0.6) is 0 Å². The summed E-state index contributed by atoms with van der Waals surface area (Å²) in [5.74, 6) is -2.93. The van der Waals surface area contributed by atoms with Gasteiger partial charge >= 0.3 is 0 Å². The fourth-order valence-corrected chi connectivity index (χ4v) is 2.40. The first kappa shape index (κ1) is 14.4. The van der Waals surface area contributed by atoms with E-state index in [-0.39, 0.29) is 5.92 Å². The Morgan fingerprint density at radius 1 is 1.40 bits per heavy atom. The van der Waals surface area contributed by atoms with Crippen LogP contribution in [0, 0.1) is 27.7 Å². The first-order valence-corrected chi connectivity index (χ1v) is 6.33. The van der Waals surface area contributed by atoms with Gasteiger partial charge in [-0.2, -0.15) is 0 Å². The van der Waals surface area contributed by atoms with Crippen molar-refractivity contribution < 1.29 is 18.5 Å². The summed E-state index contributed by atoms with van der Waals surface area (Å²) < 4.78 is 26.3. The third-order valence-corrected chi connectivity index (χ3v) is 3.41. The summed E-state index contributed by atoms with van der Waals surface area (Å²) in [7, 11) is 0. The monoisotopic (exact) mass is 284 g/mol. The van der Waals surface area contributed by atoms with E-state index in [1.54, 1.807) is 0 Å². The van der Waals surface area contributed by atoms with Gasteiger partial charge in [0.2, 0.25) is 0 Å². The van der Waals surface area contributed by atoms with Crippen molar-refractivity contribution >= 4 is 11.6 Å². The molecule has 0 radical (unpaired) electrons. The molecule has 2 rings (SSSR count). The van der Waals surface area contributed by atoms with Crippen molar-refractivity contribution in [1.29, 1.82) is 0 Å². The highest BCUT2D eigenvalue weighted by Crippen LogP contribution is 2.25. The number of carbonyl (C=O) groups excluding carboxylic acids is 1. The summed E-state index contributed by atoms with van der Waals surface area (Å²) in [6.45, 7) is 2.91. The van der Waals surface area contributed by atoms with Gasteiger partial charge in [0.25, 0.3) is 11.6 Å². The summed E-state index contributed by atoms with van der Waals surface area (Å²) >= 11 is 0. The Kier molecular flexibility index (Phi) is 3.96. The number of benzene rings is 1. The standard InChI is InChI=1S/C13H14F2N2O3/c1-8-3-2-4-16(7-8)13(18)9-5-10(14)11(15)6-12(9)17(19)20/h5-6,8H,2-4,7H2,1H3. The summed E-state index contributed by atoms with van der Waals surface area (Å²) in [6, 6.07) is 1.06. The molecule has 1 saturated heterocycles. The van der Waals surface area contributed by atoms with Crippen molar-refractivity contribution in [2.75, 3.05) is 13.1 Å². The Hall–Kier alpha value is -2.05. The van der Waals surface area contributed by atoms with Crippen LogP contribution in [-0.4, -0.2) is 28.8 Å². The van der Waals surface area contributed by atoms with E-state index in [0.717, 1.165) is 12.8 Å². The number of halogens is 2. The van der Waals surface area contributed by atoms with Gasteiger partial charge in [-0.25, -0.2) is 8.78 Å². The number of nitrogens with zero attached hydrogens (tertiary/aromatic N) is 2. The average molecular weight is 284 g/mol. The summed E-state index contributed by atoms with van der Waals surface area (Å²) in [6.07, 6.45) is 1.77. The van der Waals surface area contributed by atoms with Crippen LogP contribution in [0.2, 0.25) is 0 Å². The van der Waals surface area contributed by atoms with Gasteiger partial charge in [0.1, 0.15) is 5.56 Å². The molecule has 1 amide bonds. The largest absolute Gasteiger partial charge is 0.338 e. The molecule has 1 aromatic carbocycles. The number of nitro groups is 1. The third-order valence-electron chi connectivity index (χ3n) is 3.41. The Labute approximate surface area is 114 Å². The number of amides is 1. The number of rotatable bonds is 2. The van der Waals surface area contributed by atoms with E-state index in [1.807, 2.05) is 6.92 Å². The minimum absolute atomic E-state index is 0.289. The van der Waals surface area contributed by atoms with Crippen molar-refractivity contribution in [3.05, 3.63) is 39.4 Å². The lowest BCUT2D eigenvalue weighted by Crippen LogP contribution is -2.39. The maximum absolute atomic E-state index is 13.3. The fourth-order valence-electron chi connectivity index (χ4n) is 2.40. The lowest BCUT2D eigenvalue weighted by atomic mass is 9.99.